The van der Waals surface area contributed by atoms with Crippen LogP contribution in [0.5, 0.6) is 11.5 Å². The molecule has 0 aliphatic carbocycles. The van der Waals surface area contributed by atoms with Gasteiger partial charge in [0.2, 0.25) is 11.6 Å². The van der Waals surface area contributed by atoms with Crippen molar-refractivity contribution in [3.05, 3.63) is 75.6 Å². The Morgan fingerprint density at radius 2 is 1.58 bits per heavy atom. The first-order valence-corrected chi connectivity index (χ1v) is 9.75. The number of benzene rings is 2. The quantitative estimate of drug-likeness (QED) is 0.372. The zero-order valence-electron chi connectivity index (χ0n) is 17.7. The van der Waals surface area contributed by atoms with Gasteiger partial charge in [0.1, 0.15) is 6.33 Å². The van der Waals surface area contributed by atoms with Gasteiger partial charge >= 0.3 is 5.69 Å². The summed E-state index contributed by atoms with van der Waals surface area (Å²) in [6, 6.07) is 13.6. The number of nitrogens with one attached hydrogen (secondary N) is 2. The number of methoxy groups -OCH3 is 2. The number of aromatic nitrogens is 2. The number of hydrogen-bond donors (Lipinski definition) is 2. The second kappa shape index (κ2) is 10.2. The third-order valence-electron chi connectivity index (χ3n) is 4.74. The van der Waals surface area contributed by atoms with E-state index in [2.05, 4.69) is 20.6 Å². The maximum absolute atomic E-state index is 11.7. The summed E-state index contributed by atoms with van der Waals surface area (Å²) in [6.45, 7) is 2.88. The summed E-state index contributed by atoms with van der Waals surface area (Å²) in [4.78, 5) is 19.4. The molecule has 0 aliphatic heterocycles. The van der Waals surface area contributed by atoms with Gasteiger partial charge in [-0.05, 0) is 36.6 Å². The van der Waals surface area contributed by atoms with Crippen LogP contribution < -0.4 is 20.1 Å². The largest absolute Gasteiger partial charge is 0.493 e. The summed E-state index contributed by atoms with van der Waals surface area (Å²) in [5, 5.41) is 17.8. The molecule has 0 atom stereocenters. The molecule has 3 rings (SSSR count). The van der Waals surface area contributed by atoms with Crippen molar-refractivity contribution >= 4 is 17.3 Å². The van der Waals surface area contributed by atoms with Gasteiger partial charge in [-0.3, -0.25) is 10.1 Å². The molecular weight excluding hydrogens is 398 g/mol. The Bertz CT molecular complexity index is 1040. The zero-order valence-corrected chi connectivity index (χ0v) is 17.7. The highest BCUT2D eigenvalue weighted by Gasteiger charge is 2.22. The number of hydrogen-bond acceptors (Lipinski definition) is 8. The number of ether oxygens (including phenoxy) is 2. The van der Waals surface area contributed by atoms with E-state index in [1.807, 2.05) is 49.4 Å². The molecular formula is C22H25N5O4. The molecule has 162 valence electrons. The molecule has 9 nitrogen and oxygen atoms in total. The minimum absolute atomic E-state index is 0.173. The summed E-state index contributed by atoms with van der Waals surface area (Å²) >= 11 is 0. The standard InChI is InChI=1S/C22H25N5O4/c1-15-4-6-17(7-5-15)13-24-22-20(27(28)29)21(25-14-26-22)23-11-10-16-8-9-18(30-2)19(12-16)31-3/h4-9,12,14H,10-11,13H2,1-3H3,(H2,23,24,25,26). The van der Waals surface area contributed by atoms with E-state index in [1.54, 1.807) is 14.2 Å². The Hall–Kier alpha value is -3.88. The number of anilines is 2. The molecule has 1 heterocycles. The number of aryl methyl sites for hydroxylation is 1. The molecule has 0 saturated heterocycles. The maximum Gasteiger partial charge on any atom is 0.353 e. The van der Waals surface area contributed by atoms with Gasteiger partial charge in [0.15, 0.2) is 11.5 Å². The lowest BCUT2D eigenvalue weighted by Crippen LogP contribution is -2.12. The first-order valence-electron chi connectivity index (χ1n) is 9.75. The van der Waals surface area contributed by atoms with Crippen molar-refractivity contribution < 1.29 is 14.4 Å². The summed E-state index contributed by atoms with van der Waals surface area (Å²) in [6.07, 6.45) is 1.93. The topological polar surface area (TPSA) is 111 Å². The Balaban J connectivity index is 1.69. The van der Waals surface area contributed by atoms with Crippen molar-refractivity contribution in [3.8, 4) is 11.5 Å². The van der Waals surface area contributed by atoms with E-state index in [0.717, 1.165) is 16.7 Å². The van der Waals surface area contributed by atoms with Gasteiger partial charge < -0.3 is 20.1 Å². The highest BCUT2D eigenvalue weighted by Crippen LogP contribution is 2.30. The van der Waals surface area contributed by atoms with Crippen LogP contribution in [0.1, 0.15) is 16.7 Å². The fraction of sp³-hybridized carbons (Fsp3) is 0.273. The predicted octanol–water partition coefficient (Wildman–Crippen LogP) is 3.98. The Labute approximate surface area is 180 Å². The van der Waals surface area contributed by atoms with Crippen LogP contribution in [0.3, 0.4) is 0 Å². The van der Waals surface area contributed by atoms with E-state index in [4.69, 9.17) is 9.47 Å². The average Bonchev–Trinajstić information content (AvgIpc) is 2.78. The van der Waals surface area contributed by atoms with Crippen LogP contribution >= 0.6 is 0 Å². The van der Waals surface area contributed by atoms with Gasteiger partial charge in [0, 0.05) is 13.1 Å². The van der Waals surface area contributed by atoms with E-state index in [9.17, 15) is 10.1 Å². The van der Waals surface area contributed by atoms with Crippen molar-refractivity contribution in [2.24, 2.45) is 0 Å². The SMILES string of the molecule is COc1ccc(CCNc2ncnc(NCc3ccc(C)cc3)c2[N+](=O)[O-])cc1OC. The van der Waals surface area contributed by atoms with Crippen molar-refractivity contribution in [2.75, 3.05) is 31.4 Å². The third-order valence-corrected chi connectivity index (χ3v) is 4.74. The van der Waals surface area contributed by atoms with E-state index < -0.39 is 4.92 Å². The monoisotopic (exact) mass is 423 g/mol. The van der Waals surface area contributed by atoms with Crippen LogP contribution in [0.25, 0.3) is 0 Å². The molecule has 31 heavy (non-hydrogen) atoms. The Morgan fingerprint density at radius 1 is 0.935 bits per heavy atom. The van der Waals surface area contributed by atoms with E-state index in [1.165, 1.54) is 6.33 Å². The summed E-state index contributed by atoms with van der Waals surface area (Å²) < 4.78 is 10.6. The van der Waals surface area contributed by atoms with Crippen molar-refractivity contribution in [1.29, 1.82) is 0 Å². The van der Waals surface area contributed by atoms with Crippen LogP contribution in [0, 0.1) is 17.0 Å². The first kappa shape index (κ1) is 21.8. The number of nitrogens with zero attached hydrogens (tertiary/aromatic N) is 3. The fourth-order valence-corrected chi connectivity index (χ4v) is 3.06. The summed E-state index contributed by atoms with van der Waals surface area (Å²) in [5.74, 6) is 1.63. The first-order chi connectivity index (χ1) is 15.0. The van der Waals surface area contributed by atoms with Crippen molar-refractivity contribution in [2.45, 2.75) is 19.9 Å². The van der Waals surface area contributed by atoms with E-state index in [0.29, 0.717) is 31.0 Å². The van der Waals surface area contributed by atoms with Crippen LogP contribution in [0.2, 0.25) is 0 Å². The second-order valence-corrected chi connectivity index (χ2v) is 6.88. The second-order valence-electron chi connectivity index (χ2n) is 6.88. The lowest BCUT2D eigenvalue weighted by molar-refractivity contribution is -0.383. The molecule has 9 heteroatoms. The molecule has 0 fully saturated rings. The molecule has 1 aromatic heterocycles. The molecule has 3 aromatic rings. The number of nitro groups is 1. The van der Waals surface area contributed by atoms with Gasteiger partial charge in [-0.15, -0.1) is 0 Å². The average molecular weight is 423 g/mol. The molecule has 0 radical (unpaired) electrons. The van der Waals surface area contributed by atoms with Crippen molar-refractivity contribution in [1.82, 2.24) is 9.97 Å². The Kier molecular flexibility index (Phi) is 7.21. The van der Waals surface area contributed by atoms with Gasteiger partial charge in [-0.1, -0.05) is 35.9 Å². The molecule has 0 spiro atoms. The minimum Gasteiger partial charge on any atom is -0.493 e. The van der Waals surface area contributed by atoms with Crippen LogP contribution in [0.4, 0.5) is 17.3 Å². The molecule has 2 aromatic carbocycles. The summed E-state index contributed by atoms with van der Waals surface area (Å²) in [5.41, 5.74) is 2.97. The normalized spacial score (nSPS) is 10.4. The van der Waals surface area contributed by atoms with Crippen LogP contribution in [-0.4, -0.2) is 35.7 Å². The molecule has 0 amide bonds. The van der Waals surface area contributed by atoms with Gasteiger partial charge in [-0.25, -0.2) is 9.97 Å². The Morgan fingerprint density at radius 3 is 2.23 bits per heavy atom. The molecule has 0 aliphatic rings. The van der Waals surface area contributed by atoms with E-state index in [-0.39, 0.29) is 17.3 Å². The van der Waals surface area contributed by atoms with Crippen LogP contribution in [0.15, 0.2) is 48.8 Å². The molecule has 0 unspecified atom stereocenters. The number of rotatable bonds is 10. The lowest BCUT2D eigenvalue weighted by Gasteiger charge is -2.11. The maximum atomic E-state index is 11.7. The van der Waals surface area contributed by atoms with E-state index >= 15 is 0 Å². The highest BCUT2D eigenvalue weighted by molar-refractivity contribution is 5.69. The van der Waals surface area contributed by atoms with Gasteiger partial charge in [0.25, 0.3) is 0 Å². The smallest absolute Gasteiger partial charge is 0.353 e. The van der Waals surface area contributed by atoms with Gasteiger partial charge in [-0.2, -0.15) is 0 Å². The molecule has 2 N–H and O–H groups in total. The fourth-order valence-electron chi connectivity index (χ4n) is 3.06. The highest BCUT2D eigenvalue weighted by atomic mass is 16.6. The van der Waals surface area contributed by atoms with Crippen LogP contribution in [-0.2, 0) is 13.0 Å². The third kappa shape index (κ3) is 5.59. The summed E-state index contributed by atoms with van der Waals surface area (Å²) in [7, 11) is 3.16. The van der Waals surface area contributed by atoms with Crippen molar-refractivity contribution in [3.63, 3.8) is 0 Å². The zero-order chi connectivity index (χ0) is 22.2. The molecule has 0 saturated carbocycles. The van der Waals surface area contributed by atoms with Gasteiger partial charge in [0.05, 0.1) is 19.1 Å². The minimum atomic E-state index is -0.476. The molecule has 0 bridgehead atoms. The lowest BCUT2D eigenvalue weighted by atomic mass is 10.1. The predicted molar refractivity (Wildman–Crippen MR) is 119 cm³/mol.